The van der Waals surface area contributed by atoms with E-state index in [1.54, 1.807) is 24.3 Å². The van der Waals surface area contributed by atoms with Gasteiger partial charge in [-0.1, -0.05) is 22.0 Å². The van der Waals surface area contributed by atoms with Crippen molar-refractivity contribution >= 4 is 44.4 Å². The van der Waals surface area contributed by atoms with Crippen molar-refractivity contribution in [3.8, 4) is 0 Å². The SMILES string of the molecule is CCNC(=O)c1cccc(NC(=O)c2oc3ccc(Br)cc3c2C)c1. The first-order chi connectivity index (χ1) is 12.0. The Labute approximate surface area is 153 Å². The van der Waals surface area contributed by atoms with Crippen molar-refractivity contribution in [2.24, 2.45) is 0 Å². The van der Waals surface area contributed by atoms with Gasteiger partial charge in [-0.15, -0.1) is 0 Å². The number of furan rings is 1. The van der Waals surface area contributed by atoms with Gasteiger partial charge in [-0.2, -0.15) is 0 Å². The number of anilines is 1. The molecule has 0 bridgehead atoms. The maximum Gasteiger partial charge on any atom is 0.291 e. The van der Waals surface area contributed by atoms with Crippen LogP contribution >= 0.6 is 15.9 Å². The molecule has 1 aromatic heterocycles. The highest BCUT2D eigenvalue weighted by Crippen LogP contribution is 2.28. The van der Waals surface area contributed by atoms with Crippen LogP contribution in [0.3, 0.4) is 0 Å². The predicted octanol–water partition coefficient (Wildman–Crippen LogP) is 4.51. The summed E-state index contributed by atoms with van der Waals surface area (Å²) in [6.07, 6.45) is 0. The summed E-state index contributed by atoms with van der Waals surface area (Å²) in [5.41, 5.74) is 2.45. The Hall–Kier alpha value is -2.60. The first-order valence-electron chi connectivity index (χ1n) is 7.88. The van der Waals surface area contributed by atoms with Crippen LogP contribution in [0.5, 0.6) is 0 Å². The molecule has 0 aliphatic rings. The van der Waals surface area contributed by atoms with E-state index in [0.29, 0.717) is 23.4 Å². The van der Waals surface area contributed by atoms with Gasteiger partial charge in [-0.05, 0) is 50.2 Å². The average Bonchev–Trinajstić information content (AvgIpc) is 2.92. The standard InChI is InChI=1S/C19H17BrN2O3/c1-3-21-18(23)12-5-4-6-14(9-12)22-19(24)17-11(2)15-10-13(20)7-8-16(15)25-17/h4-10H,3H2,1-2H3,(H,21,23)(H,22,24). The first-order valence-corrected chi connectivity index (χ1v) is 8.67. The molecule has 6 heteroatoms. The van der Waals surface area contributed by atoms with Crippen LogP contribution in [0.1, 0.15) is 33.4 Å². The van der Waals surface area contributed by atoms with Gasteiger partial charge in [0.05, 0.1) is 0 Å². The van der Waals surface area contributed by atoms with Gasteiger partial charge < -0.3 is 15.1 Å². The highest BCUT2D eigenvalue weighted by Gasteiger charge is 2.18. The maximum atomic E-state index is 12.6. The second-order valence-electron chi connectivity index (χ2n) is 5.59. The lowest BCUT2D eigenvalue weighted by Crippen LogP contribution is -2.22. The number of rotatable bonds is 4. The lowest BCUT2D eigenvalue weighted by molar-refractivity contribution is 0.0953. The van der Waals surface area contributed by atoms with Gasteiger partial charge in [-0.25, -0.2) is 0 Å². The number of carbonyl (C=O) groups is 2. The molecule has 2 aromatic carbocycles. The number of nitrogens with one attached hydrogen (secondary N) is 2. The van der Waals surface area contributed by atoms with Gasteiger partial charge in [0.1, 0.15) is 5.58 Å². The van der Waals surface area contributed by atoms with E-state index in [-0.39, 0.29) is 17.6 Å². The smallest absolute Gasteiger partial charge is 0.291 e. The van der Waals surface area contributed by atoms with Gasteiger partial charge in [0.25, 0.3) is 11.8 Å². The summed E-state index contributed by atoms with van der Waals surface area (Å²) in [5, 5.41) is 6.40. The van der Waals surface area contributed by atoms with Crippen molar-refractivity contribution in [1.82, 2.24) is 5.32 Å². The minimum absolute atomic E-state index is 0.177. The van der Waals surface area contributed by atoms with Crippen LogP contribution in [-0.2, 0) is 0 Å². The molecule has 0 atom stereocenters. The van der Waals surface area contributed by atoms with Crippen LogP contribution in [0.25, 0.3) is 11.0 Å². The summed E-state index contributed by atoms with van der Waals surface area (Å²) >= 11 is 3.42. The summed E-state index contributed by atoms with van der Waals surface area (Å²) in [7, 11) is 0. The van der Waals surface area contributed by atoms with E-state index < -0.39 is 0 Å². The Balaban J connectivity index is 1.87. The molecule has 0 saturated carbocycles. The highest BCUT2D eigenvalue weighted by atomic mass is 79.9. The molecule has 2 N–H and O–H groups in total. The number of hydrogen-bond donors (Lipinski definition) is 2. The van der Waals surface area contributed by atoms with E-state index >= 15 is 0 Å². The van der Waals surface area contributed by atoms with E-state index in [9.17, 15) is 9.59 Å². The van der Waals surface area contributed by atoms with Crippen LogP contribution in [0.15, 0.2) is 51.4 Å². The lowest BCUT2D eigenvalue weighted by Gasteiger charge is -2.07. The fourth-order valence-electron chi connectivity index (χ4n) is 2.60. The van der Waals surface area contributed by atoms with Crippen LogP contribution in [0.4, 0.5) is 5.69 Å². The molecular formula is C19H17BrN2O3. The van der Waals surface area contributed by atoms with Crippen LogP contribution in [0.2, 0.25) is 0 Å². The molecule has 2 amide bonds. The van der Waals surface area contributed by atoms with Crippen molar-refractivity contribution in [1.29, 1.82) is 0 Å². The van der Waals surface area contributed by atoms with Crippen molar-refractivity contribution < 1.29 is 14.0 Å². The molecule has 1 heterocycles. The van der Waals surface area contributed by atoms with Crippen LogP contribution in [-0.4, -0.2) is 18.4 Å². The summed E-state index contributed by atoms with van der Waals surface area (Å²) in [4.78, 5) is 24.5. The number of carbonyl (C=O) groups excluding carboxylic acids is 2. The number of amides is 2. The fraction of sp³-hybridized carbons (Fsp3) is 0.158. The molecule has 0 radical (unpaired) electrons. The zero-order chi connectivity index (χ0) is 18.0. The lowest BCUT2D eigenvalue weighted by atomic mass is 10.1. The Morgan fingerprint density at radius 3 is 2.68 bits per heavy atom. The van der Waals surface area contributed by atoms with Crippen molar-refractivity contribution in [2.75, 3.05) is 11.9 Å². The minimum Gasteiger partial charge on any atom is -0.451 e. The van der Waals surface area contributed by atoms with Crippen LogP contribution in [0, 0.1) is 6.92 Å². The molecule has 25 heavy (non-hydrogen) atoms. The second kappa shape index (κ2) is 7.11. The van der Waals surface area contributed by atoms with E-state index in [1.807, 2.05) is 32.0 Å². The van der Waals surface area contributed by atoms with E-state index in [2.05, 4.69) is 26.6 Å². The third kappa shape index (κ3) is 3.58. The fourth-order valence-corrected chi connectivity index (χ4v) is 2.96. The number of halogens is 1. The zero-order valence-electron chi connectivity index (χ0n) is 13.9. The number of fused-ring (bicyclic) bond motifs is 1. The molecular weight excluding hydrogens is 384 g/mol. The van der Waals surface area contributed by atoms with E-state index in [0.717, 1.165) is 15.4 Å². The van der Waals surface area contributed by atoms with Crippen molar-refractivity contribution in [3.63, 3.8) is 0 Å². The molecule has 128 valence electrons. The highest BCUT2D eigenvalue weighted by molar-refractivity contribution is 9.10. The second-order valence-corrected chi connectivity index (χ2v) is 6.51. The normalized spacial score (nSPS) is 10.7. The predicted molar refractivity (Wildman–Crippen MR) is 101 cm³/mol. The number of hydrogen-bond acceptors (Lipinski definition) is 3. The zero-order valence-corrected chi connectivity index (χ0v) is 15.4. The largest absolute Gasteiger partial charge is 0.451 e. The molecule has 0 unspecified atom stereocenters. The Kier molecular flexibility index (Phi) is 4.90. The summed E-state index contributed by atoms with van der Waals surface area (Å²) < 4.78 is 6.61. The Morgan fingerprint density at radius 1 is 1.12 bits per heavy atom. The number of benzene rings is 2. The summed E-state index contributed by atoms with van der Waals surface area (Å²) in [6, 6.07) is 12.4. The summed E-state index contributed by atoms with van der Waals surface area (Å²) in [6.45, 7) is 4.24. The molecule has 0 aliphatic carbocycles. The Bertz CT molecular complexity index is 962. The van der Waals surface area contributed by atoms with E-state index in [1.165, 1.54) is 0 Å². The quantitative estimate of drug-likeness (QED) is 0.676. The van der Waals surface area contributed by atoms with Crippen molar-refractivity contribution in [2.45, 2.75) is 13.8 Å². The molecule has 3 aromatic rings. The molecule has 0 spiro atoms. The molecule has 3 rings (SSSR count). The molecule has 5 nitrogen and oxygen atoms in total. The number of aryl methyl sites for hydroxylation is 1. The third-order valence-corrected chi connectivity index (χ3v) is 4.32. The van der Waals surface area contributed by atoms with Gasteiger partial charge in [0, 0.05) is 33.2 Å². The molecule has 0 saturated heterocycles. The molecule has 0 aliphatic heterocycles. The summed E-state index contributed by atoms with van der Waals surface area (Å²) in [5.74, 6) is -0.266. The first kappa shape index (κ1) is 17.2. The van der Waals surface area contributed by atoms with Gasteiger partial charge in [-0.3, -0.25) is 9.59 Å². The Morgan fingerprint density at radius 2 is 1.92 bits per heavy atom. The topological polar surface area (TPSA) is 71.3 Å². The minimum atomic E-state index is -0.349. The maximum absolute atomic E-state index is 12.6. The monoisotopic (exact) mass is 400 g/mol. The van der Waals surface area contributed by atoms with Crippen LogP contribution < -0.4 is 10.6 Å². The van der Waals surface area contributed by atoms with Gasteiger partial charge in [0.15, 0.2) is 5.76 Å². The van der Waals surface area contributed by atoms with E-state index in [4.69, 9.17) is 4.42 Å². The van der Waals surface area contributed by atoms with Gasteiger partial charge >= 0.3 is 0 Å². The third-order valence-electron chi connectivity index (χ3n) is 3.82. The van der Waals surface area contributed by atoms with Gasteiger partial charge in [0.2, 0.25) is 0 Å². The average molecular weight is 401 g/mol. The molecule has 0 fully saturated rings. The van der Waals surface area contributed by atoms with Crippen molar-refractivity contribution in [3.05, 3.63) is 63.8 Å².